The predicted molar refractivity (Wildman–Crippen MR) is 75.0 cm³/mol. The molecule has 0 bridgehead atoms. The molecule has 1 atom stereocenters. The SMILES string of the molecule is CC(C)(C)C=C1CCC(C(=O)O)c2ncccc2N1. The van der Waals surface area contributed by atoms with Crippen LogP contribution in [0.15, 0.2) is 30.1 Å². The summed E-state index contributed by atoms with van der Waals surface area (Å²) >= 11 is 0. The highest BCUT2D eigenvalue weighted by molar-refractivity contribution is 5.78. The van der Waals surface area contributed by atoms with Crippen molar-refractivity contribution >= 4 is 11.7 Å². The molecule has 4 nitrogen and oxygen atoms in total. The molecule has 0 aromatic carbocycles. The van der Waals surface area contributed by atoms with E-state index in [0.29, 0.717) is 12.1 Å². The molecule has 1 aromatic heterocycles. The third-order valence-electron chi connectivity index (χ3n) is 3.07. The number of nitrogens with zero attached hydrogens (tertiary/aromatic N) is 1. The summed E-state index contributed by atoms with van der Waals surface area (Å²) in [4.78, 5) is 15.6. The maximum Gasteiger partial charge on any atom is 0.312 e. The molecular formula is C15H20N2O2. The van der Waals surface area contributed by atoms with Crippen LogP contribution in [0.1, 0.15) is 45.2 Å². The van der Waals surface area contributed by atoms with Crippen LogP contribution in [-0.4, -0.2) is 16.1 Å². The molecule has 0 aliphatic carbocycles. The number of carboxylic acids is 1. The zero-order valence-electron chi connectivity index (χ0n) is 11.6. The second-order valence-corrected chi connectivity index (χ2v) is 6.03. The van der Waals surface area contributed by atoms with Crippen LogP contribution in [0, 0.1) is 5.41 Å². The molecule has 1 aliphatic rings. The number of carboxylic acid groups (broad SMARTS) is 1. The highest BCUT2D eigenvalue weighted by Crippen LogP contribution is 2.34. The average Bonchev–Trinajstić information content (AvgIpc) is 2.45. The van der Waals surface area contributed by atoms with E-state index in [9.17, 15) is 9.90 Å². The summed E-state index contributed by atoms with van der Waals surface area (Å²) < 4.78 is 0. The van der Waals surface area contributed by atoms with E-state index in [1.165, 1.54) is 0 Å². The van der Waals surface area contributed by atoms with Crippen molar-refractivity contribution < 1.29 is 9.90 Å². The van der Waals surface area contributed by atoms with E-state index >= 15 is 0 Å². The predicted octanol–water partition coefficient (Wildman–Crippen LogP) is 3.39. The van der Waals surface area contributed by atoms with Gasteiger partial charge in [0.1, 0.15) is 5.92 Å². The smallest absolute Gasteiger partial charge is 0.312 e. The van der Waals surface area contributed by atoms with E-state index in [0.717, 1.165) is 17.8 Å². The Hall–Kier alpha value is -1.84. The van der Waals surface area contributed by atoms with Crippen molar-refractivity contribution in [1.29, 1.82) is 0 Å². The van der Waals surface area contributed by atoms with Gasteiger partial charge in [0, 0.05) is 11.9 Å². The first-order valence-electron chi connectivity index (χ1n) is 6.53. The molecule has 0 saturated heterocycles. The van der Waals surface area contributed by atoms with Crippen LogP contribution in [0.3, 0.4) is 0 Å². The first-order valence-corrected chi connectivity index (χ1v) is 6.53. The fraction of sp³-hybridized carbons (Fsp3) is 0.467. The van der Waals surface area contributed by atoms with Crippen molar-refractivity contribution in [3.8, 4) is 0 Å². The zero-order chi connectivity index (χ0) is 14.0. The van der Waals surface area contributed by atoms with Gasteiger partial charge in [0.15, 0.2) is 0 Å². The van der Waals surface area contributed by atoms with Gasteiger partial charge in [-0.05, 0) is 30.4 Å². The number of allylic oxidation sites excluding steroid dienone is 2. The molecule has 102 valence electrons. The quantitative estimate of drug-likeness (QED) is 0.812. The van der Waals surface area contributed by atoms with Gasteiger partial charge in [-0.25, -0.2) is 0 Å². The van der Waals surface area contributed by atoms with Crippen LogP contribution >= 0.6 is 0 Å². The molecule has 19 heavy (non-hydrogen) atoms. The van der Waals surface area contributed by atoms with Crippen LogP contribution in [0.4, 0.5) is 5.69 Å². The molecule has 1 aliphatic heterocycles. The summed E-state index contributed by atoms with van der Waals surface area (Å²) in [7, 11) is 0. The summed E-state index contributed by atoms with van der Waals surface area (Å²) in [5.74, 6) is -1.34. The van der Waals surface area contributed by atoms with Gasteiger partial charge in [0.25, 0.3) is 0 Å². The van der Waals surface area contributed by atoms with E-state index in [4.69, 9.17) is 0 Å². The minimum Gasteiger partial charge on any atom is -0.481 e. The monoisotopic (exact) mass is 260 g/mol. The Balaban J connectivity index is 2.40. The second kappa shape index (κ2) is 5.03. The molecule has 1 unspecified atom stereocenters. The standard InChI is InChI=1S/C15H20N2O2/c1-15(2,3)9-10-6-7-11(14(18)19)13-12(17-10)5-4-8-16-13/h4-5,8-9,11,17H,6-7H2,1-3H3,(H,18,19). The second-order valence-electron chi connectivity index (χ2n) is 6.03. The molecule has 1 aromatic rings. The molecule has 2 rings (SSSR count). The van der Waals surface area contributed by atoms with E-state index in [-0.39, 0.29) is 5.41 Å². The van der Waals surface area contributed by atoms with Crippen LogP contribution in [0.25, 0.3) is 0 Å². The summed E-state index contributed by atoms with van der Waals surface area (Å²) in [6.07, 6.45) is 5.11. The van der Waals surface area contributed by atoms with E-state index in [1.54, 1.807) is 6.20 Å². The fourth-order valence-electron chi connectivity index (χ4n) is 2.34. The lowest BCUT2D eigenvalue weighted by atomic mass is 9.93. The van der Waals surface area contributed by atoms with Crippen LogP contribution in [0.5, 0.6) is 0 Å². The Morgan fingerprint density at radius 2 is 2.26 bits per heavy atom. The third-order valence-corrected chi connectivity index (χ3v) is 3.07. The number of aromatic nitrogens is 1. The first kappa shape index (κ1) is 13.6. The van der Waals surface area contributed by atoms with Crippen molar-refractivity contribution in [2.75, 3.05) is 5.32 Å². The third kappa shape index (κ3) is 3.34. The largest absolute Gasteiger partial charge is 0.481 e. The van der Waals surface area contributed by atoms with E-state index < -0.39 is 11.9 Å². The number of hydrogen-bond acceptors (Lipinski definition) is 3. The van der Waals surface area contributed by atoms with Crippen molar-refractivity contribution in [3.05, 3.63) is 35.8 Å². The number of rotatable bonds is 1. The van der Waals surface area contributed by atoms with Crippen molar-refractivity contribution in [2.45, 2.75) is 39.5 Å². The first-order chi connectivity index (χ1) is 8.87. The van der Waals surface area contributed by atoms with Gasteiger partial charge in [-0.1, -0.05) is 26.8 Å². The van der Waals surface area contributed by atoms with Gasteiger partial charge in [-0.15, -0.1) is 0 Å². The number of hydrogen-bond donors (Lipinski definition) is 2. The summed E-state index contributed by atoms with van der Waals surface area (Å²) in [5.41, 5.74) is 2.58. The van der Waals surface area contributed by atoms with E-state index in [1.807, 2.05) is 12.1 Å². The van der Waals surface area contributed by atoms with Crippen LogP contribution in [-0.2, 0) is 4.79 Å². The summed E-state index contributed by atoms with van der Waals surface area (Å²) in [5, 5.41) is 12.7. The molecule has 0 spiro atoms. The number of anilines is 1. The normalized spacial score (nSPS) is 21.4. The Labute approximate surface area is 113 Å². The van der Waals surface area contributed by atoms with E-state index in [2.05, 4.69) is 37.1 Å². The maximum absolute atomic E-state index is 11.4. The number of fused-ring (bicyclic) bond motifs is 1. The number of carbonyl (C=O) groups is 1. The molecular weight excluding hydrogens is 240 g/mol. The Morgan fingerprint density at radius 3 is 2.89 bits per heavy atom. The molecule has 4 heteroatoms. The highest BCUT2D eigenvalue weighted by atomic mass is 16.4. The van der Waals surface area contributed by atoms with Gasteiger partial charge in [0.05, 0.1) is 11.4 Å². The topological polar surface area (TPSA) is 62.2 Å². The number of nitrogens with one attached hydrogen (secondary N) is 1. The highest BCUT2D eigenvalue weighted by Gasteiger charge is 2.27. The number of pyridine rings is 1. The molecule has 0 amide bonds. The minimum absolute atomic E-state index is 0.0633. The lowest BCUT2D eigenvalue weighted by Crippen LogP contribution is -2.12. The minimum atomic E-state index is -0.807. The van der Waals surface area contributed by atoms with Crippen LogP contribution in [0.2, 0.25) is 0 Å². The molecule has 2 heterocycles. The van der Waals surface area contributed by atoms with Gasteiger partial charge in [0.2, 0.25) is 0 Å². The summed E-state index contributed by atoms with van der Waals surface area (Å²) in [6.45, 7) is 6.39. The van der Waals surface area contributed by atoms with Crippen molar-refractivity contribution in [3.63, 3.8) is 0 Å². The van der Waals surface area contributed by atoms with Gasteiger partial charge < -0.3 is 10.4 Å². The Bertz CT molecular complexity index is 515. The van der Waals surface area contributed by atoms with Crippen molar-refractivity contribution in [1.82, 2.24) is 4.98 Å². The summed E-state index contributed by atoms with van der Waals surface area (Å²) in [6, 6.07) is 3.71. The Kier molecular flexibility index (Phi) is 3.60. The lowest BCUT2D eigenvalue weighted by Gasteiger charge is -2.16. The van der Waals surface area contributed by atoms with Crippen molar-refractivity contribution in [2.24, 2.45) is 5.41 Å². The fourth-order valence-corrected chi connectivity index (χ4v) is 2.34. The molecule has 2 N–H and O–H groups in total. The molecule has 0 saturated carbocycles. The van der Waals surface area contributed by atoms with Gasteiger partial charge >= 0.3 is 5.97 Å². The molecule has 0 radical (unpaired) electrons. The lowest BCUT2D eigenvalue weighted by molar-refractivity contribution is -0.139. The maximum atomic E-state index is 11.4. The molecule has 0 fully saturated rings. The zero-order valence-corrected chi connectivity index (χ0v) is 11.6. The van der Waals surface area contributed by atoms with Gasteiger partial charge in [-0.3, -0.25) is 9.78 Å². The number of aliphatic carboxylic acids is 1. The van der Waals surface area contributed by atoms with Gasteiger partial charge in [-0.2, -0.15) is 0 Å². The van der Waals surface area contributed by atoms with Crippen LogP contribution < -0.4 is 5.32 Å². The average molecular weight is 260 g/mol. The Morgan fingerprint density at radius 1 is 1.53 bits per heavy atom.